The summed E-state index contributed by atoms with van der Waals surface area (Å²) in [6.07, 6.45) is 0. The van der Waals surface area contributed by atoms with Gasteiger partial charge in [-0.1, -0.05) is 0 Å². The average Bonchev–Trinajstić information content (AvgIpc) is 2.27. The lowest BCUT2D eigenvalue weighted by molar-refractivity contribution is -0.118. The van der Waals surface area contributed by atoms with Crippen LogP contribution in [-0.2, 0) is 4.79 Å². The van der Waals surface area contributed by atoms with Gasteiger partial charge in [0.15, 0.2) is 0 Å². The highest BCUT2D eigenvalue weighted by molar-refractivity contribution is 9.10. The van der Waals surface area contributed by atoms with Crippen molar-refractivity contribution in [3.05, 3.63) is 28.2 Å². The monoisotopic (exact) mass is 316 g/mol. The second kappa shape index (κ2) is 6.66. The summed E-state index contributed by atoms with van der Waals surface area (Å²) in [5.41, 5.74) is 0.528. The van der Waals surface area contributed by atoms with Crippen molar-refractivity contribution in [3.63, 3.8) is 0 Å². The van der Waals surface area contributed by atoms with Gasteiger partial charge in [0.25, 0.3) is 5.91 Å². The molecule has 0 spiro atoms. The fourth-order valence-corrected chi connectivity index (χ4v) is 1.83. The maximum absolute atomic E-state index is 11.8. The van der Waals surface area contributed by atoms with Crippen molar-refractivity contribution < 1.29 is 9.59 Å². The lowest BCUT2D eigenvalue weighted by Crippen LogP contribution is -2.33. The first-order chi connectivity index (χ1) is 8.00. The molecule has 0 bridgehead atoms. The Morgan fingerprint density at radius 2 is 1.94 bits per heavy atom. The van der Waals surface area contributed by atoms with Gasteiger partial charge < -0.3 is 10.6 Å². The molecule has 1 aromatic carbocycles. The van der Waals surface area contributed by atoms with Crippen LogP contribution in [0.15, 0.2) is 27.6 Å². The Morgan fingerprint density at radius 1 is 1.29 bits per heavy atom. The summed E-state index contributed by atoms with van der Waals surface area (Å²) in [6, 6.07) is 5.24. The van der Waals surface area contributed by atoms with E-state index in [1.165, 1.54) is 6.92 Å². The summed E-state index contributed by atoms with van der Waals surface area (Å²) in [5, 5.41) is 5.30. The van der Waals surface area contributed by atoms with E-state index in [4.69, 9.17) is 0 Å². The van der Waals surface area contributed by atoms with Crippen LogP contribution in [0.5, 0.6) is 0 Å². The average molecular weight is 317 g/mol. The van der Waals surface area contributed by atoms with Gasteiger partial charge in [-0.2, -0.15) is 0 Å². The topological polar surface area (TPSA) is 58.2 Å². The molecule has 0 aliphatic heterocycles. The largest absolute Gasteiger partial charge is 0.355 e. The molecule has 1 aromatic rings. The van der Waals surface area contributed by atoms with Gasteiger partial charge in [0.2, 0.25) is 5.91 Å². The molecule has 0 aromatic heterocycles. The minimum atomic E-state index is -0.196. The van der Waals surface area contributed by atoms with Crippen LogP contribution in [0, 0.1) is 0 Å². The number of benzene rings is 1. The zero-order valence-corrected chi connectivity index (χ0v) is 11.8. The number of thiol groups is 1. The first kappa shape index (κ1) is 14.1. The van der Waals surface area contributed by atoms with Crippen LogP contribution < -0.4 is 10.6 Å². The normalized spacial score (nSPS) is 9.82. The molecule has 2 N–H and O–H groups in total. The zero-order valence-electron chi connectivity index (χ0n) is 9.29. The number of hydrogen-bond acceptors (Lipinski definition) is 3. The van der Waals surface area contributed by atoms with Crippen molar-refractivity contribution in [2.75, 3.05) is 13.1 Å². The number of amides is 2. The maximum atomic E-state index is 11.8. The van der Waals surface area contributed by atoms with E-state index in [-0.39, 0.29) is 11.8 Å². The van der Waals surface area contributed by atoms with Crippen LogP contribution >= 0.6 is 28.6 Å². The zero-order chi connectivity index (χ0) is 12.8. The molecule has 4 nitrogen and oxygen atoms in total. The molecule has 0 saturated carbocycles. The third-order valence-corrected chi connectivity index (χ3v) is 2.95. The summed E-state index contributed by atoms with van der Waals surface area (Å²) in [6.45, 7) is 2.24. The van der Waals surface area contributed by atoms with E-state index in [2.05, 4.69) is 39.2 Å². The highest BCUT2D eigenvalue weighted by Crippen LogP contribution is 2.19. The quantitative estimate of drug-likeness (QED) is 0.584. The van der Waals surface area contributed by atoms with Gasteiger partial charge in [-0.3, -0.25) is 9.59 Å². The molecule has 92 valence electrons. The van der Waals surface area contributed by atoms with Crippen molar-refractivity contribution in [1.82, 2.24) is 10.6 Å². The van der Waals surface area contributed by atoms with E-state index in [9.17, 15) is 9.59 Å². The second-order valence-electron chi connectivity index (χ2n) is 3.40. The minimum Gasteiger partial charge on any atom is -0.355 e. The van der Waals surface area contributed by atoms with Gasteiger partial charge in [-0.15, -0.1) is 12.6 Å². The first-order valence-electron chi connectivity index (χ1n) is 5.02. The lowest BCUT2D eigenvalue weighted by Gasteiger charge is -2.07. The number of hydrogen-bond donors (Lipinski definition) is 3. The maximum Gasteiger partial charge on any atom is 0.252 e. The van der Waals surface area contributed by atoms with E-state index in [0.29, 0.717) is 23.1 Å². The van der Waals surface area contributed by atoms with E-state index in [0.717, 1.165) is 4.90 Å². The van der Waals surface area contributed by atoms with Crippen molar-refractivity contribution in [3.8, 4) is 0 Å². The number of carbonyl (C=O) groups excluding carboxylic acids is 2. The van der Waals surface area contributed by atoms with Gasteiger partial charge in [0.1, 0.15) is 0 Å². The molecule has 0 radical (unpaired) electrons. The van der Waals surface area contributed by atoms with Crippen molar-refractivity contribution in [2.45, 2.75) is 11.8 Å². The predicted octanol–water partition coefficient (Wildman–Crippen LogP) is 1.60. The third kappa shape index (κ3) is 4.79. The van der Waals surface area contributed by atoms with Crippen molar-refractivity contribution >= 4 is 40.4 Å². The molecule has 2 amide bonds. The van der Waals surface area contributed by atoms with Crippen LogP contribution in [0.1, 0.15) is 17.3 Å². The van der Waals surface area contributed by atoms with Gasteiger partial charge in [-0.25, -0.2) is 0 Å². The highest BCUT2D eigenvalue weighted by atomic mass is 79.9. The van der Waals surface area contributed by atoms with Gasteiger partial charge in [0, 0.05) is 29.4 Å². The standard InChI is InChI=1S/C11H13BrN2O2S/c1-7(15)13-4-5-14-11(16)9-6-8(17)2-3-10(9)12/h2-3,6,17H,4-5H2,1H3,(H,13,15)(H,14,16). The SMILES string of the molecule is CC(=O)NCCNC(=O)c1cc(S)ccc1Br. The summed E-state index contributed by atoms with van der Waals surface area (Å²) in [7, 11) is 0. The van der Waals surface area contributed by atoms with Crippen molar-refractivity contribution in [2.24, 2.45) is 0 Å². The summed E-state index contributed by atoms with van der Waals surface area (Å²) >= 11 is 7.47. The lowest BCUT2D eigenvalue weighted by atomic mass is 10.2. The van der Waals surface area contributed by atoms with Gasteiger partial charge in [-0.05, 0) is 34.1 Å². The predicted molar refractivity (Wildman–Crippen MR) is 72.4 cm³/mol. The highest BCUT2D eigenvalue weighted by Gasteiger charge is 2.09. The minimum absolute atomic E-state index is 0.113. The van der Waals surface area contributed by atoms with E-state index < -0.39 is 0 Å². The molecule has 0 fully saturated rings. The number of carbonyl (C=O) groups is 2. The number of rotatable bonds is 4. The second-order valence-corrected chi connectivity index (χ2v) is 4.77. The summed E-state index contributed by atoms with van der Waals surface area (Å²) < 4.78 is 0.715. The molecule has 0 aliphatic carbocycles. The Bertz CT molecular complexity index is 437. The Balaban J connectivity index is 2.52. The van der Waals surface area contributed by atoms with E-state index in [1.54, 1.807) is 18.2 Å². The Kier molecular flexibility index (Phi) is 5.50. The van der Waals surface area contributed by atoms with Crippen LogP contribution in [0.25, 0.3) is 0 Å². The Labute approximate surface area is 114 Å². The van der Waals surface area contributed by atoms with Gasteiger partial charge in [0.05, 0.1) is 5.56 Å². The molecule has 0 heterocycles. The molecule has 17 heavy (non-hydrogen) atoms. The van der Waals surface area contributed by atoms with E-state index >= 15 is 0 Å². The molecule has 1 rings (SSSR count). The van der Waals surface area contributed by atoms with Crippen LogP contribution in [0.4, 0.5) is 0 Å². The molecule has 0 atom stereocenters. The summed E-state index contributed by atoms with van der Waals surface area (Å²) in [5.74, 6) is -0.309. The van der Waals surface area contributed by atoms with E-state index in [1.807, 2.05) is 0 Å². The molecular weight excluding hydrogens is 304 g/mol. The van der Waals surface area contributed by atoms with Crippen LogP contribution in [0.2, 0.25) is 0 Å². The summed E-state index contributed by atoms with van der Waals surface area (Å²) in [4.78, 5) is 23.1. The Hall–Kier alpha value is -1.01. The Morgan fingerprint density at radius 3 is 2.59 bits per heavy atom. The van der Waals surface area contributed by atoms with Crippen molar-refractivity contribution in [1.29, 1.82) is 0 Å². The smallest absolute Gasteiger partial charge is 0.252 e. The third-order valence-electron chi connectivity index (χ3n) is 1.98. The first-order valence-corrected chi connectivity index (χ1v) is 6.26. The van der Waals surface area contributed by atoms with Gasteiger partial charge >= 0.3 is 0 Å². The molecular formula is C11H13BrN2O2S. The molecule has 0 unspecified atom stereocenters. The molecule has 0 saturated heterocycles. The molecule has 6 heteroatoms. The van der Waals surface area contributed by atoms with Crippen LogP contribution in [0.3, 0.4) is 0 Å². The fourth-order valence-electron chi connectivity index (χ4n) is 1.20. The fraction of sp³-hybridized carbons (Fsp3) is 0.273. The number of nitrogens with one attached hydrogen (secondary N) is 2. The molecule has 0 aliphatic rings. The van der Waals surface area contributed by atoms with Crippen LogP contribution in [-0.4, -0.2) is 24.9 Å². The number of halogens is 1.